The van der Waals surface area contributed by atoms with Gasteiger partial charge in [-0.2, -0.15) is 0 Å². The summed E-state index contributed by atoms with van der Waals surface area (Å²) in [5.41, 5.74) is 0. The zero-order valence-corrected chi connectivity index (χ0v) is 36.8. The van der Waals surface area contributed by atoms with Gasteiger partial charge in [0.2, 0.25) is 5.91 Å². The molecular weight excluding hydrogens is 683 g/mol. The normalized spacial score (nSPS) is 13.5. The highest BCUT2D eigenvalue weighted by Crippen LogP contribution is 2.17. The van der Waals surface area contributed by atoms with Crippen LogP contribution in [0.15, 0.2) is 24.3 Å². The van der Waals surface area contributed by atoms with Crippen molar-refractivity contribution in [1.29, 1.82) is 0 Å². The molecule has 324 valence electrons. The van der Waals surface area contributed by atoms with E-state index in [0.29, 0.717) is 19.3 Å². The third-order valence-electron chi connectivity index (χ3n) is 11.0. The van der Waals surface area contributed by atoms with Crippen LogP contribution < -0.4 is 5.32 Å². The van der Waals surface area contributed by atoms with Crippen LogP contribution in [0.4, 0.5) is 0 Å². The molecule has 0 aromatic rings. The number of rotatable bonds is 43. The fraction of sp³-hybridized carbons (Fsp3) is 0.878. The Hall–Kier alpha value is -1.66. The molecule has 0 aliphatic rings. The number of nitrogens with one attached hydrogen (secondary N) is 1. The van der Waals surface area contributed by atoms with Gasteiger partial charge in [0.15, 0.2) is 0 Å². The van der Waals surface area contributed by atoms with E-state index in [-0.39, 0.29) is 24.9 Å². The van der Waals surface area contributed by atoms with Gasteiger partial charge in [0, 0.05) is 6.42 Å². The van der Waals surface area contributed by atoms with Crippen molar-refractivity contribution in [3.05, 3.63) is 24.3 Å². The van der Waals surface area contributed by atoms with Crippen LogP contribution in [0.1, 0.15) is 252 Å². The Bertz CT molecular complexity index is 873. The van der Waals surface area contributed by atoms with Crippen molar-refractivity contribution in [3.8, 4) is 0 Å². The molecule has 6 nitrogen and oxygen atoms in total. The summed E-state index contributed by atoms with van der Waals surface area (Å²) in [5.74, 6) is -0.490. The third kappa shape index (κ3) is 39.0. The topological polar surface area (TPSA) is 95.9 Å². The fourth-order valence-electron chi connectivity index (χ4n) is 7.30. The minimum absolute atomic E-state index is 0.0680. The van der Waals surface area contributed by atoms with Gasteiger partial charge in [-0.15, -0.1) is 0 Å². The van der Waals surface area contributed by atoms with Crippen LogP contribution in [0, 0.1) is 0 Å². The van der Waals surface area contributed by atoms with Crippen LogP contribution in [0.2, 0.25) is 0 Å². The van der Waals surface area contributed by atoms with Crippen molar-refractivity contribution in [2.45, 2.75) is 270 Å². The maximum atomic E-state index is 13.1. The molecule has 0 aliphatic heterocycles. The van der Waals surface area contributed by atoms with Crippen LogP contribution in [-0.2, 0) is 14.3 Å². The van der Waals surface area contributed by atoms with Gasteiger partial charge in [-0.25, -0.2) is 0 Å². The Morgan fingerprint density at radius 1 is 0.509 bits per heavy atom. The summed E-state index contributed by atoms with van der Waals surface area (Å²) < 4.78 is 5.90. The van der Waals surface area contributed by atoms with Gasteiger partial charge in [0.05, 0.1) is 25.2 Å². The number of aliphatic hydroxyl groups is 2. The Balaban J connectivity index is 4.50. The molecule has 3 N–H and O–H groups in total. The smallest absolute Gasteiger partial charge is 0.306 e. The summed E-state index contributed by atoms with van der Waals surface area (Å²) in [5, 5.41) is 23.6. The van der Waals surface area contributed by atoms with Crippen LogP contribution in [0.5, 0.6) is 0 Å². The number of aliphatic hydroxyl groups excluding tert-OH is 2. The Morgan fingerprint density at radius 3 is 1.35 bits per heavy atom. The van der Waals surface area contributed by atoms with Gasteiger partial charge < -0.3 is 20.3 Å². The minimum Gasteiger partial charge on any atom is -0.462 e. The predicted octanol–water partition coefficient (Wildman–Crippen LogP) is 14.0. The number of ether oxygens (including phenoxy) is 1. The molecule has 6 heteroatoms. The third-order valence-corrected chi connectivity index (χ3v) is 11.0. The van der Waals surface area contributed by atoms with Gasteiger partial charge in [-0.3, -0.25) is 9.59 Å². The summed E-state index contributed by atoms with van der Waals surface area (Å²) in [4.78, 5) is 26.0. The lowest BCUT2D eigenvalue weighted by atomic mass is 10.0. The van der Waals surface area contributed by atoms with Crippen molar-refractivity contribution < 1.29 is 24.5 Å². The van der Waals surface area contributed by atoms with Gasteiger partial charge in [0.1, 0.15) is 6.10 Å². The second-order valence-corrected chi connectivity index (χ2v) is 16.5. The number of hydrogen-bond acceptors (Lipinski definition) is 5. The summed E-state index contributed by atoms with van der Waals surface area (Å²) in [6.45, 7) is 6.43. The minimum atomic E-state index is -0.786. The average Bonchev–Trinajstić information content (AvgIpc) is 3.18. The molecule has 0 aromatic heterocycles. The highest BCUT2D eigenvalue weighted by Gasteiger charge is 2.24. The number of allylic oxidation sites excluding steroid dienone is 4. The quantitative estimate of drug-likeness (QED) is 0.0326. The van der Waals surface area contributed by atoms with Crippen LogP contribution in [0.25, 0.3) is 0 Å². The van der Waals surface area contributed by atoms with Crippen LogP contribution in [0.3, 0.4) is 0 Å². The second kappa shape index (κ2) is 43.5. The Labute approximate surface area is 341 Å². The van der Waals surface area contributed by atoms with E-state index in [2.05, 4.69) is 50.4 Å². The number of carbonyl (C=O) groups excluding carboxylic acids is 2. The van der Waals surface area contributed by atoms with Crippen molar-refractivity contribution in [3.63, 3.8) is 0 Å². The predicted molar refractivity (Wildman–Crippen MR) is 236 cm³/mol. The van der Waals surface area contributed by atoms with Crippen molar-refractivity contribution in [2.24, 2.45) is 0 Å². The first-order valence-electron chi connectivity index (χ1n) is 24.1. The number of esters is 1. The molecule has 0 saturated carbocycles. The van der Waals surface area contributed by atoms with Crippen LogP contribution in [-0.4, -0.2) is 46.9 Å². The van der Waals surface area contributed by atoms with E-state index < -0.39 is 18.2 Å². The molecule has 3 atom stereocenters. The number of hydrogen-bond donors (Lipinski definition) is 3. The highest BCUT2D eigenvalue weighted by molar-refractivity contribution is 5.77. The molecule has 0 spiro atoms. The lowest BCUT2D eigenvalue weighted by molar-refractivity contribution is -0.151. The fourth-order valence-corrected chi connectivity index (χ4v) is 7.30. The lowest BCUT2D eigenvalue weighted by Gasteiger charge is -2.24. The number of amides is 1. The highest BCUT2D eigenvalue weighted by atomic mass is 16.5. The van der Waals surface area contributed by atoms with Gasteiger partial charge in [-0.05, 0) is 77.0 Å². The monoisotopic (exact) mass is 776 g/mol. The zero-order valence-electron chi connectivity index (χ0n) is 36.8. The standard InChI is InChI=1S/C49H93NO5/c1-4-7-10-13-16-19-21-22-23-24-25-26-27-30-33-36-39-42-49(54)55-45(40-37-34-31-29-20-17-14-11-8-5-2)43-48(53)50-46(44-51)47(52)41-38-35-32-28-18-15-12-9-6-3/h17,20,22-23,45-47,51-52H,4-16,18-19,21,24-44H2,1-3H3,(H,50,53)/b20-17-,23-22+. The molecule has 3 unspecified atom stereocenters. The molecule has 0 rings (SSSR count). The molecule has 0 radical (unpaired) electrons. The van der Waals surface area contributed by atoms with Crippen molar-refractivity contribution in [1.82, 2.24) is 5.32 Å². The lowest BCUT2D eigenvalue weighted by Crippen LogP contribution is -2.46. The summed E-state index contributed by atoms with van der Waals surface area (Å²) in [6, 6.07) is -0.701. The van der Waals surface area contributed by atoms with Crippen molar-refractivity contribution in [2.75, 3.05) is 6.61 Å². The summed E-state index contributed by atoms with van der Waals surface area (Å²) in [6.07, 6.45) is 48.1. The molecule has 1 amide bonds. The number of unbranched alkanes of at least 4 members (excludes halogenated alkanes) is 27. The second-order valence-electron chi connectivity index (χ2n) is 16.5. The van der Waals surface area contributed by atoms with Gasteiger partial charge >= 0.3 is 5.97 Å². The molecule has 0 heterocycles. The maximum Gasteiger partial charge on any atom is 0.306 e. The molecular formula is C49H93NO5. The molecule has 0 saturated heterocycles. The largest absolute Gasteiger partial charge is 0.462 e. The molecule has 55 heavy (non-hydrogen) atoms. The summed E-state index contributed by atoms with van der Waals surface area (Å²) in [7, 11) is 0. The molecule has 0 fully saturated rings. The van der Waals surface area contributed by atoms with E-state index in [0.717, 1.165) is 70.6 Å². The van der Waals surface area contributed by atoms with Crippen molar-refractivity contribution >= 4 is 11.9 Å². The van der Waals surface area contributed by atoms with E-state index >= 15 is 0 Å². The Kier molecular flexibility index (Phi) is 42.2. The van der Waals surface area contributed by atoms with E-state index in [4.69, 9.17) is 4.74 Å². The van der Waals surface area contributed by atoms with Crippen LogP contribution >= 0.6 is 0 Å². The SMILES string of the molecule is CCCCC/C=C\CCCCCC(CC(=O)NC(CO)C(O)CCCCCCCCCCC)OC(=O)CCCCCCCCC/C=C/CCCCCCCC. The van der Waals surface area contributed by atoms with Gasteiger partial charge in [0.25, 0.3) is 0 Å². The molecule has 0 aliphatic carbocycles. The average molecular weight is 776 g/mol. The van der Waals surface area contributed by atoms with Gasteiger partial charge in [-0.1, -0.05) is 186 Å². The molecule has 0 bridgehead atoms. The molecule has 0 aromatic carbocycles. The maximum absolute atomic E-state index is 13.1. The first-order valence-corrected chi connectivity index (χ1v) is 24.1. The van der Waals surface area contributed by atoms with E-state index in [1.54, 1.807) is 0 Å². The summed E-state index contributed by atoms with van der Waals surface area (Å²) >= 11 is 0. The first-order chi connectivity index (χ1) is 27.0. The van der Waals surface area contributed by atoms with E-state index in [1.165, 1.54) is 135 Å². The van der Waals surface area contributed by atoms with E-state index in [1.807, 2.05) is 0 Å². The number of carbonyl (C=O) groups is 2. The Morgan fingerprint density at radius 2 is 0.873 bits per heavy atom. The van der Waals surface area contributed by atoms with E-state index in [9.17, 15) is 19.8 Å². The zero-order chi connectivity index (χ0) is 40.3. The first kappa shape index (κ1) is 53.3.